The predicted octanol–water partition coefficient (Wildman–Crippen LogP) is 3.91. The fraction of sp³-hybridized carbons (Fsp3) is 0.211. The first-order valence-electron chi connectivity index (χ1n) is 7.88. The third-order valence-electron chi connectivity index (χ3n) is 4.04. The van der Waals surface area contributed by atoms with Crippen LogP contribution in [0.4, 0.5) is 5.69 Å². The number of esters is 1. The quantitative estimate of drug-likeness (QED) is 0.614. The van der Waals surface area contributed by atoms with Crippen LogP contribution in [0.1, 0.15) is 41.8 Å². The number of carbonyl (C=O) groups excluding carboxylic acids is 3. The summed E-state index contributed by atoms with van der Waals surface area (Å²) in [6.07, 6.45) is -0.0572. The second-order valence-electron chi connectivity index (χ2n) is 5.74. The largest absolute Gasteiger partial charge is 0.454 e. The standard InChI is InChI=1S/C19H16ClNO4/c1-12(15-4-2-3-5-16(15)20)25-19(24)13-6-8-14(9-7-13)21-17(22)10-11-18(21)23/h2-9,12H,10-11H2,1H3/t12-/m1/s1. The van der Waals surface area contributed by atoms with Gasteiger partial charge in [0.2, 0.25) is 11.8 Å². The normalized spacial score (nSPS) is 15.4. The minimum atomic E-state index is -0.502. The molecule has 2 amide bonds. The molecule has 128 valence electrons. The molecule has 1 aliphatic rings. The van der Waals surface area contributed by atoms with Crippen molar-refractivity contribution < 1.29 is 19.1 Å². The van der Waals surface area contributed by atoms with Gasteiger partial charge in [0, 0.05) is 23.4 Å². The molecule has 0 aliphatic carbocycles. The maximum Gasteiger partial charge on any atom is 0.338 e. The van der Waals surface area contributed by atoms with Crippen LogP contribution in [0.15, 0.2) is 48.5 Å². The Morgan fingerprint density at radius 1 is 1.04 bits per heavy atom. The summed E-state index contributed by atoms with van der Waals surface area (Å²) in [5.74, 6) is -0.960. The van der Waals surface area contributed by atoms with Gasteiger partial charge in [-0.1, -0.05) is 29.8 Å². The molecule has 0 bridgehead atoms. The maximum atomic E-state index is 12.3. The number of rotatable bonds is 4. The zero-order valence-electron chi connectivity index (χ0n) is 13.6. The summed E-state index contributed by atoms with van der Waals surface area (Å²) in [6, 6.07) is 13.4. The van der Waals surface area contributed by atoms with E-state index in [9.17, 15) is 14.4 Å². The molecule has 1 saturated heterocycles. The molecular weight excluding hydrogens is 342 g/mol. The molecule has 1 heterocycles. The summed E-state index contributed by atoms with van der Waals surface area (Å²) in [6.45, 7) is 1.75. The fourth-order valence-electron chi connectivity index (χ4n) is 2.71. The third kappa shape index (κ3) is 3.56. The van der Waals surface area contributed by atoms with Crippen molar-refractivity contribution >= 4 is 35.1 Å². The van der Waals surface area contributed by atoms with E-state index in [-0.39, 0.29) is 24.7 Å². The van der Waals surface area contributed by atoms with Gasteiger partial charge >= 0.3 is 5.97 Å². The number of anilines is 1. The van der Waals surface area contributed by atoms with Gasteiger partial charge in [0.1, 0.15) is 6.10 Å². The first-order chi connectivity index (χ1) is 12.0. The number of halogens is 1. The monoisotopic (exact) mass is 357 g/mol. The molecule has 0 unspecified atom stereocenters. The molecule has 1 atom stereocenters. The topological polar surface area (TPSA) is 63.7 Å². The van der Waals surface area contributed by atoms with Crippen molar-refractivity contribution in [3.8, 4) is 0 Å². The summed E-state index contributed by atoms with van der Waals surface area (Å²) < 4.78 is 5.44. The van der Waals surface area contributed by atoms with Crippen LogP contribution in [0, 0.1) is 0 Å². The van der Waals surface area contributed by atoms with Crippen molar-refractivity contribution in [1.29, 1.82) is 0 Å². The molecule has 6 heteroatoms. The van der Waals surface area contributed by atoms with Crippen molar-refractivity contribution in [2.24, 2.45) is 0 Å². The smallest absolute Gasteiger partial charge is 0.338 e. The highest BCUT2D eigenvalue weighted by atomic mass is 35.5. The lowest BCUT2D eigenvalue weighted by Crippen LogP contribution is -2.28. The highest BCUT2D eigenvalue weighted by molar-refractivity contribution is 6.31. The Hall–Kier alpha value is -2.66. The van der Waals surface area contributed by atoms with Gasteiger partial charge < -0.3 is 4.74 Å². The molecule has 3 rings (SSSR count). The van der Waals surface area contributed by atoms with Crippen molar-refractivity contribution in [3.63, 3.8) is 0 Å². The highest BCUT2D eigenvalue weighted by Crippen LogP contribution is 2.27. The maximum absolute atomic E-state index is 12.3. The van der Waals surface area contributed by atoms with E-state index in [2.05, 4.69) is 0 Å². The van der Waals surface area contributed by atoms with Crippen LogP contribution in [0.3, 0.4) is 0 Å². The molecule has 0 radical (unpaired) electrons. The third-order valence-corrected chi connectivity index (χ3v) is 4.38. The van der Waals surface area contributed by atoms with E-state index < -0.39 is 12.1 Å². The lowest BCUT2D eigenvalue weighted by molar-refractivity contribution is -0.121. The van der Waals surface area contributed by atoms with Crippen LogP contribution >= 0.6 is 11.6 Å². The van der Waals surface area contributed by atoms with Gasteiger partial charge in [0.05, 0.1) is 11.3 Å². The van der Waals surface area contributed by atoms with Crippen molar-refractivity contribution in [2.45, 2.75) is 25.9 Å². The van der Waals surface area contributed by atoms with Gasteiger partial charge in [-0.3, -0.25) is 14.5 Å². The number of hydrogen-bond acceptors (Lipinski definition) is 4. The first-order valence-corrected chi connectivity index (χ1v) is 8.26. The van der Waals surface area contributed by atoms with E-state index in [1.807, 2.05) is 6.07 Å². The van der Waals surface area contributed by atoms with Gasteiger partial charge in [-0.15, -0.1) is 0 Å². The summed E-state index contributed by atoms with van der Waals surface area (Å²) in [7, 11) is 0. The van der Waals surface area contributed by atoms with Crippen LogP contribution in [-0.4, -0.2) is 17.8 Å². The number of amides is 2. The Morgan fingerprint density at radius 2 is 1.64 bits per heavy atom. The summed E-state index contributed by atoms with van der Waals surface area (Å²) in [4.78, 5) is 36.9. The second-order valence-corrected chi connectivity index (χ2v) is 6.15. The number of benzene rings is 2. The van der Waals surface area contributed by atoms with E-state index >= 15 is 0 Å². The van der Waals surface area contributed by atoms with Crippen LogP contribution in [0.5, 0.6) is 0 Å². The van der Waals surface area contributed by atoms with Crippen LogP contribution in [0.25, 0.3) is 0 Å². The molecule has 0 spiro atoms. The minimum absolute atomic E-state index is 0.220. The second kappa shape index (κ2) is 7.07. The number of imide groups is 1. The number of nitrogens with zero attached hydrogens (tertiary/aromatic N) is 1. The summed E-state index contributed by atoms with van der Waals surface area (Å²) in [5.41, 5.74) is 1.52. The zero-order valence-corrected chi connectivity index (χ0v) is 14.3. The Balaban J connectivity index is 1.72. The van der Waals surface area contributed by atoms with E-state index in [1.54, 1.807) is 37.3 Å². The molecule has 2 aromatic carbocycles. The molecule has 5 nitrogen and oxygen atoms in total. The molecule has 25 heavy (non-hydrogen) atoms. The van der Waals surface area contributed by atoms with Crippen LogP contribution in [0.2, 0.25) is 5.02 Å². The highest BCUT2D eigenvalue weighted by Gasteiger charge is 2.30. The minimum Gasteiger partial charge on any atom is -0.454 e. The van der Waals surface area contributed by atoms with Gasteiger partial charge in [0.15, 0.2) is 0 Å². The average Bonchev–Trinajstić information content (AvgIpc) is 2.94. The van der Waals surface area contributed by atoms with Gasteiger partial charge in [-0.25, -0.2) is 4.79 Å². The SMILES string of the molecule is C[C@@H](OC(=O)c1ccc(N2C(=O)CCC2=O)cc1)c1ccccc1Cl. The molecule has 1 fully saturated rings. The number of ether oxygens (including phenoxy) is 1. The van der Waals surface area contributed by atoms with Gasteiger partial charge in [0.25, 0.3) is 0 Å². The molecule has 0 N–H and O–H groups in total. The molecule has 2 aromatic rings. The van der Waals surface area contributed by atoms with E-state index in [0.717, 1.165) is 10.5 Å². The summed E-state index contributed by atoms with van der Waals surface area (Å²) in [5, 5.41) is 0.532. The number of carbonyl (C=O) groups is 3. The first kappa shape index (κ1) is 17.2. The fourth-order valence-corrected chi connectivity index (χ4v) is 3.00. The number of hydrogen-bond donors (Lipinski definition) is 0. The Kier molecular flexibility index (Phi) is 4.86. The van der Waals surface area contributed by atoms with E-state index in [4.69, 9.17) is 16.3 Å². The molecular formula is C19H16ClNO4. The summed E-state index contributed by atoms with van der Waals surface area (Å²) >= 11 is 6.11. The molecule has 0 aromatic heterocycles. The average molecular weight is 358 g/mol. The lowest BCUT2D eigenvalue weighted by Gasteiger charge is -2.16. The van der Waals surface area contributed by atoms with Crippen molar-refractivity contribution in [2.75, 3.05) is 4.90 Å². The van der Waals surface area contributed by atoms with E-state index in [1.165, 1.54) is 12.1 Å². The zero-order chi connectivity index (χ0) is 18.0. The van der Waals surface area contributed by atoms with Gasteiger partial charge in [-0.2, -0.15) is 0 Å². The predicted molar refractivity (Wildman–Crippen MR) is 93.5 cm³/mol. The van der Waals surface area contributed by atoms with E-state index in [0.29, 0.717) is 16.3 Å². The Morgan fingerprint density at radius 3 is 2.24 bits per heavy atom. The Labute approximate surface area is 150 Å². The molecule has 1 aliphatic heterocycles. The molecule has 0 saturated carbocycles. The lowest BCUT2D eigenvalue weighted by atomic mass is 10.1. The van der Waals surface area contributed by atoms with Gasteiger partial charge in [-0.05, 0) is 37.3 Å². The van der Waals surface area contributed by atoms with Crippen molar-refractivity contribution in [3.05, 3.63) is 64.7 Å². The van der Waals surface area contributed by atoms with Crippen molar-refractivity contribution in [1.82, 2.24) is 0 Å². The van der Waals surface area contributed by atoms with Crippen LogP contribution in [-0.2, 0) is 14.3 Å². The van der Waals surface area contributed by atoms with Crippen LogP contribution < -0.4 is 4.90 Å². The Bertz CT molecular complexity index is 816.